The van der Waals surface area contributed by atoms with Gasteiger partial charge in [0.05, 0.1) is 12.1 Å². The molecule has 116 valence electrons. The summed E-state index contributed by atoms with van der Waals surface area (Å²) in [5, 5.41) is 10.7. The highest BCUT2D eigenvalue weighted by Gasteiger charge is 2.06. The average Bonchev–Trinajstić information content (AvgIpc) is 2.54. The summed E-state index contributed by atoms with van der Waals surface area (Å²) in [6.07, 6.45) is 1.07. The molecule has 0 saturated carbocycles. The third-order valence-corrected chi connectivity index (χ3v) is 2.88. The van der Waals surface area contributed by atoms with Gasteiger partial charge in [0.1, 0.15) is 11.6 Å². The summed E-state index contributed by atoms with van der Waals surface area (Å²) in [7, 11) is 3.86. The first-order valence-corrected chi connectivity index (χ1v) is 7.64. The Kier molecular flexibility index (Phi) is 8.31. The topological polar surface area (TPSA) is 61.9 Å². The lowest BCUT2D eigenvalue weighted by atomic mass is 10.2. The number of rotatable bonds is 7. The molecule has 1 heterocycles. The Morgan fingerprint density at radius 3 is 2.43 bits per heavy atom. The standard InChI is InChI=1S/C14H21N5.C2H6/c1-15-8-5-9-17-14-11-6-3-4-7-12(11)18-13(19-14)10-16-2;1-2/h3-4,6-7,15-16H,5,8-10H2,1-2H3,(H,17,18,19);1-2H3. The molecule has 1 aromatic heterocycles. The van der Waals surface area contributed by atoms with Crippen molar-refractivity contribution in [3.8, 4) is 0 Å². The zero-order chi connectivity index (χ0) is 15.5. The molecule has 0 fully saturated rings. The van der Waals surface area contributed by atoms with Crippen molar-refractivity contribution < 1.29 is 0 Å². The number of anilines is 1. The molecule has 0 radical (unpaired) electrons. The molecule has 2 rings (SSSR count). The first-order valence-electron chi connectivity index (χ1n) is 7.64. The normalized spacial score (nSPS) is 10.1. The molecule has 0 spiro atoms. The minimum Gasteiger partial charge on any atom is -0.369 e. The number of hydrogen-bond donors (Lipinski definition) is 3. The van der Waals surface area contributed by atoms with Gasteiger partial charge in [-0.3, -0.25) is 0 Å². The van der Waals surface area contributed by atoms with E-state index in [1.165, 1.54) is 0 Å². The summed E-state index contributed by atoms with van der Waals surface area (Å²) in [6.45, 7) is 6.58. The van der Waals surface area contributed by atoms with Crippen LogP contribution in [-0.2, 0) is 6.54 Å². The van der Waals surface area contributed by atoms with Crippen molar-refractivity contribution in [2.24, 2.45) is 0 Å². The minimum absolute atomic E-state index is 0.677. The molecule has 0 saturated heterocycles. The van der Waals surface area contributed by atoms with Gasteiger partial charge in [0.25, 0.3) is 0 Å². The number of fused-ring (bicyclic) bond motifs is 1. The lowest BCUT2D eigenvalue weighted by molar-refractivity contribution is 0.742. The molecule has 5 nitrogen and oxygen atoms in total. The molecule has 0 aliphatic carbocycles. The second-order valence-corrected chi connectivity index (χ2v) is 4.42. The summed E-state index contributed by atoms with van der Waals surface area (Å²) in [4.78, 5) is 9.13. The number of hydrogen-bond acceptors (Lipinski definition) is 5. The number of nitrogens with zero attached hydrogens (tertiary/aromatic N) is 2. The molecule has 2 aromatic rings. The van der Waals surface area contributed by atoms with Crippen LogP contribution in [-0.4, -0.2) is 37.2 Å². The smallest absolute Gasteiger partial charge is 0.145 e. The van der Waals surface area contributed by atoms with Crippen LogP contribution in [0.2, 0.25) is 0 Å². The SMILES string of the molecule is CC.CNCCCNc1nc(CNC)nc2ccccc12. The van der Waals surface area contributed by atoms with Gasteiger partial charge in [0, 0.05) is 11.9 Å². The summed E-state index contributed by atoms with van der Waals surface area (Å²) in [5.41, 5.74) is 0.985. The highest BCUT2D eigenvalue weighted by molar-refractivity contribution is 5.88. The van der Waals surface area contributed by atoms with Crippen LogP contribution in [0, 0.1) is 0 Å². The molecule has 0 unspecified atom stereocenters. The first kappa shape index (κ1) is 17.3. The van der Waals surface area contributed by atoms with Crippen molar-refractivity contribution in [1.82, 2.24) is 20.6 Å². The van der Waals surface area contributed by atoms with Crippen LogP contribution in [0.5, 0.6) is 0 Å². The van der Waals surface area contributed by atoms with E-state index in [0.29, 0.717) is 6.54 Å². The Morgan fingerprint density at radius 1 is 0.952 bits per heavy atom. The van der Waals surface area contributed by atoms with Crippen molar-refractivity contribution in [2.45, 2.75) is 26.8 Å². The van der Waals surface area contributed by atoms with E-state index < -0.39 is 0 Å². The molecule has 21 heavy (non-hydrogen) atoms. The van der Waals surface area contributed by atoms with Crippen molar-refractivity contribution in [2.75, 3.05) is 32.5 Å². The molecule has 0 bridgehead atoms. The van der Waals surface area contributed by atoms with E-state index >= 15 is 0 Å². The fraction of sp³-hybridized carbons (Fsp3) is 0.500. The van der Waals surface area contributed by atoms with Crippen LogP contribution in [0.1, 0.15) is 26.1 Å². The van der Waals surface area contributed by atoms with E-state index in [4.69, 9.17) is 0 Å². The Balaban J connectivity index is 0.00000106. The molecule has 0 atom stereocenters. The molecule has 1 aromatic carbocycles. The predicted octanol–water partition coefficient (Wildman–Crippen LogP) is 2.40. The van der Waals surface area contributed by atoms with Crippen molar-refractivity contribution in [1.29, 1.82) is 0 Å². The van der Waals surface area contributed by atoms with Gasteiger partial charge in [-0.1, -0.05) is 26.0 Å². The van der Waals surface area contributed by atoms with Crippen molar-refractivity contribution >= 4 is 16.7 Å². The number of benzene rings is 1. The van der Waals surface area contributed by atoms with E-state index in [-0.39, 0.29) is 0 Å². The van der Waals surface area contributed by atoms with Crippen LogP contribution in [0.25, 0.3) is 10.9 Å². The van der Waals surface area contributed by atoms with E-state index in [2.05, 4.69) is 32.0 Å². The van der Waals surface area contributed by atoms with Gasteiger partial charge in [-0.05, 0) is 39.2 Å². The highest BCUT2D eigenvalue weighted by atomic mass is 15.0. The third-order valence-electron chi connectivity index (χ3n) is 2.88. The molecular weight excluding hydrogens is 262 g/mol. The van der Waals surface area contributed by atoms with Crippen molar-refractivity contribution in [3.05, 3.63) is 30.1 Å². The van der Waals surface area contributed by atoms with E-state index in [1.54, 1.807) is 0 Å². The minimum atomic E-state index is 0.677. The lowest BCUT2D eigenvalue weighted by Gasteiger charge is -2.10. The second-order valence-electron chi connectivity index (χ2n) is 4.42. The maximum Gasteiger partial charge on any atom is 0.145 e. The Bertz CT molecular complexity index is 527. The zero-order valence-corrected chi connectivity index (χ0v) is 13.5. The van der Waals surface area contributed by atoms with Crippen LogP contribution in [0.15, 0.2) is 24.3 Å². The number of para-hydroxylation sites is 1. The fourth-order valence-corrected chi connectivity index (χ4v) is 1.97. The third kappa shape index (κ3) is 5.28. The largest absolute Gasteiger partial charge is 0.369 e. The molecule has 5 heteroatoms. The van der Waals surface area contributed by atoms with Crippen LogP contribution < -0.4 is 16.0 Å². The summed E-state index contributed by atoms with van der Waals surface area (Å²) < 4.78 is 0. The van der Waals surface area contributed by atoms with E-state index in [0.717, 1.165) is 42.1 Å². The van der Waals surface area contributed by atoms with Gasteiger partial charge >= 0.3 is 0 Å². The fourth-order valence-electron chi connectivity index (χ4n) is 1.97. The first-order chi connectivity index (χ1) is 10.3. The number of aromatic nitrogens is 2. The lowest BCUT2D eigenvalue weighted by Crippen LogP contribution is -2.15. The average molecular weight is 289 g/mol. The predicted molar refractivity (Wildman–Crippen MR) is 90.7 cm³/mol. The second kappa shape index (κ2) is 10.1. The van der Waals surface area contributed by atoms with E-state index in [1.807, 2.05) is 46.1 Å². The van der Waals surface area contributed by atoms with Crippen molar-refractivity contribution in [3.63, 3.8) is 0 Å². The molecule has 0 amide bonds. The van der Waals surface area contributed by atoms with Gasteiger partial charge in [-0.15, -0.1) is 0 Å². The molecule has 0 aliphatic heterocycles. The molecular formula is C16H27N5. The maximum absolute atomic E-state index is 4.58. The monoisotopic (exact) mass is 289 g/mol. The Labute approximate surface area is 127 Å². The van der Waals surface area contributed by atoms with Gasteiger partial charge < -0.3 is 16.0 Å². The van der Waals surface area contributed by atoms with Gasteiger partial charge in [0.15, 0.2) is 0 Å². The summed E-state index contributed by atoms with van der Waals surface area (Å²) >= 11 is 0. The summed E-state index contributed by atoms with van der Waals surface area (Å²) in [5.74, 6) is 1.74. The van der Waals surface area contributed by atoms with Gasteiger partial charge in [-0.25, -0.2) is 9.97 Å². The maximum atomic E-state index is 4.58. The molecule has 0 aliphatic rings. The number of nitrogens with one attached hydrogen (secondary N) is 3. The van der Waals surface area contributed by atoms with Crippen LogP contribution in [0.4, 0.5) is 5.82 Å². The summed E-state index contributed by atoms with van der Waals surface area (Å²) in [6, 6.07) is 8.10. The highest BCUT2D eigenvalue weighted by Crippen LogP contribution is 2.19. The Morgan fingerprint density at radius 2 is 1.71 bits per heavy atom. The molecule has 3 N–H and O–H groups in total. The quantitative estimate of drug-likeness (QED) is 0.683. The van der Waals surface area contributed by atoms with Crippen LogP contribution >= 0.6 is 0 Å². The Hall–Kier alpha value is -1.72. The van der Waals surface area contributed by atoms with Crippen LogP contribution in [0.3, 0.4) is 0 Å². The van der Waals surface area contributed by atoms with E-state index in [9.17, 15) is 0 Å². The zero-order valence-electron chi connectivity index (χ0n) is 13.5. The van der Waals surface area contributed by atoms with Gasteiger partial charge in [0.2, 0.25) is 0 Å². The van der Waals surface area contributed by atoms with Gasteiger partial charge in [-0.2, -0.15) is 0 Å².